The summed E-state index contributed by atoms with van der Waals surface area (Å²) in [4.78, 5) is 1.12. The lowest BCUT2D eigenvalue weighted by atomic mass is 10.3. The summed E-state index contributed by atoms with van der Waals surface area (Å²) in [6.07, 6.45) is 0. The normalized spacial score (nSPS) is 12.9. The quantitative estimate of drug-likeness (QED) is 0.891. The minimum Gasteiger partial charge on any atom is -0.355 e. The van der Waals surface area contributed by atoms with E-state index in [9.17, 15) is 0 Å². The summed E-state index contributed by atoms with van der Waals surface area (Å²) >= 11 is 3.45. The highest BCUT2D eigenvalue weighted by atomic mass is 32.2. The second kappa shape index (κ2) is 5.52. The molecule has 16 heavy (non-hydrogen) atoms. The van der Waals surface area contributed by atoms with Crippen LogP contribution in [0, 0.1) is 0 Å². The van der Waals surface area contributed by atoms with E-state index >= 15 is 0 Å². The monoisotopic (exact) mass is 254 g/mol. The van der Waals surface area contributed by atoms with Crippen molar-refractivity contribution in [3.05, 3.63) is 29.3 Å². The predicted octanol–water partition coefficient (Wildman–Crippen LogP) is 2.98. The maximum Gasteiger partial charge on any atom is 0.177 e. The Morgan fingerprint density at radius 2 is 2.50 bits per heavy atom. The van der Waals surface area contributed by atoms with Crippen LogP contribution < -0.4 is 5.73 Å². The van der Waals surface area contributed by atoms with Crippen LogP contribution in [0.3, 0.4) is 0 Å². The third-order valence-electron chi connectivity index (χ3n) is 2.17. The van der Waals surface area contributed by atoms with Crippen LogP contribution in [-0.2, 0) is 5.75 Å². The Kier molecular flexibility index (Phi) is 4.04. The molecule has 0 aliphatic carbocycles. The van der Waals surface area contributed by atoms with Gasteiger partial charge >= 0.3 is 0 Å². The number of nitrogens with two attached hydrogens (primary N) is 1. The average molecular weight is 254 g/mol. The Morgan fingerprint density at radius 1 is 1.62 bits per heavy atom. The molecule has 2 rings (SSSR count). The Hall–Kier alpha value is -0.780. The zero-order valence-electron chi connectivity index (χ0n) is 9.05. The topological polar surface area (TPSA) is 52.0 Å². The molecule has 0 aromatic carbocycles. The molecule has 0 radical (unpaired) electrons. The summed E-state index contributed by atoms with van der Waals surface area (Å²) in [7, 11) is 0. The molecule has 0 saturated heterocycles. The summed E-state index contributed by atoms with van der Waals surface area (Å²) in [6, 6.07) is 6.04. The van der Waals surface area contributed by atoms with E-state index in [1.165, 1.54) is 0 Å². The Morgan fingerprint density at radius 3 is 3.19 bits per heavy atom. The molecule has 0 fully saturated rings. The van der Waals surface area contributed by atoms with Crippen molar-refractivity contribution in [2.24, 2.45) is 5.73 Å². The summed E-state index contributed by atoms with van der Waals surface area (Å²) in [5.74, 6) is 1.71. The fraction of sp³-hybridized carbons (Fsp3) is 0.364. The molecule has 0 bridgehead atoms. The number of thioether (sulfide) groups is 1. The number of nitrogens with zero attached hydrogens (tertiary/aromatic N) is 1. The number of rotatable bonds is 5. The lowest BCUT2D eigenvalue weighted by Gasteiger charge is -2.04. The van der Waals surface area contributed by atoms with Crippen LogP contribution >= 0.6 is 23.1 Å². The van der Waals surface area contributed by atoms with E-state index in [1.807, 2.05) is 23.6 Å². The summed E-state index contributed by atoms with van der Waals surface area (Å²) < 4.78 is 5.29. The first-order valence-electron chi connectivity index (χ1n) is 5.10. The van der Waals surface area contributed by atoms with Crippen molar-refractivity contribution >= 4 is 23.1 Å². The molecule has 2 heterocycles. The molecular weight excluding hydrogens is 240 g/mol. The van der Waals surface area contributed by atoms with Gasteiger partial charge in [-0.3, -0.25) is 0 Å². The first-order valence-corrected chi connectivity index (χ1v) is 7.03. The van der Waals surface area contributed by atoms with Gasteiger partial charge < -0.3 is 10.3 Å². The van der Waals surface area contributed by atoms with Gasteiger partial charge in [0.05, 0.1) is 10.6 Å². The van der Waals surface area contributed by atoms with Crippen LogP contribution in [0.5, 0.6) is 0 Å². The van der Waals surface area contributed by atoms with Gasteiger partial charge in [-0.05, 0) is 11.4 Å². The van der Waals surface area contributed by atoms with Gasteiger partial charge in [0, 0.05) is 23.6 Å². The highest BCUT2D eigenvalue weighted by Gasteiger charge is 2.08. The van der Waals surface area contributed by atoms with E-state index in [2.05, 4.69) is 12.1 Å². The third kappa shape index (κ3) is 2.87. The van der Waals surface area contributed by atoms with E-state index in [0.29, 0.717) is 11.8 Å². The third-order valence-corrected chi connectivity index (χ3v) is 4.28. The van der Waals surface area contributed by atoms with Gasteiger partial charge in [-0.15, -0.1) is 11.3 Å². The fourth-order valence-corrected chi connectivity index (χ4v) is 2.61. The molecule has 3 nitrogen and oxygen atoms in total. The molecule has 1 unspecified atom stereocenters. The average Bonchev–Trinajstić information content (AvgIpc) is 2.95. The molecular formula is C11H14N2OS2. The maximum atomic E-state index is 5.56. The number of hydrogen-bond donors (Lipinski definition) is 1. The van der Waals surface area contributed by atoms with Crippen molar-refractivity contribution in [1.82, 2.24) is 5.16 Å². The van der Waals surface area contributed by atoms with E-state index in [1.54, 1.807) is 23.1 Å². The highest BCUT2D eigenvalue weighted by Crippen LogP contribution is 2.26. The minimum absolute atomic E-state index is 0.460. The maximum absolute atomic E-state index is 5.56. The van der Waals surface area contributed by atoms with Gasteiger partial charge in [0.15, 0.2) is 5.76 Å². The molecule has 5 heteroatoms. The molecule has 0 aliphatic heterocycles. The Labute approximate surface area is 103 Å². The van der Waals surface area contributed by atoms with Gasteiger partial charge in [0.25, 0.3) is 0 Å². The largest absolute Gasteiger partial charge is 0.355 e. The zero-order chi connectivity index (χ0) is 11.4. The van der Waals surface area contributed by atoms with Crippen LogP contribution in [0.1, 0.15) is 12.6 Å². The predicted molar refractivity (Wildman–Crippen MR) is 69.6 cm³/mol. The molecule has 0 saturated carbocycles. The van der Waals surface area contributed by atoms with Crippen LogP contribution in [0.15, 0.2) is 28.1 Å². The SMILES string of the molecule is CC(CN)SCc1cc(-c2cccs2)on1. The van der Waals surface area contributed by atoms with Gasteiger partial charge in [-0.25, -0.2) is 0 Å². The van der Waals surface area contributed by atoms with Crippen molar-refractivity contribution < 1.29 is 4.52 Å². The Bertz CT molecular complexity index is 425. The van der Waals surface area contributed by atoms with Crippen LogP contribution in [0.2, 0.25) is 0 Å². The number of thiophene rings is 1. The zero-order valence-corrected chi connectivity index (χ0v) is 10.7. The second-order valence-electron chi connectivity index (χ2n) is 3.52. The van der Waals surface area contributed by atoms with Crippen molar-refractivity contribution in [2.45, 2.75) is 17.9 Å². The molecule has 2 aromatic heterocycles. The van der Waals surface area contributed by atoms with E-state index in [0.717, 1.165) is 22.1 Å². The van der Waals surface area contributed by atoms with E-state index < -0.39 is 0 Å². The van der Waals surface area contributed by atoms with Gasteiger partial charge in [-0.1, -0.05) is 18.1 Å². The lowest BCUT2D eigenvalue weighted by Crippen LogP contribution is -2.12. The van der Waals surface area contributed by atoms with Gasteiger partial charge in [0.2, 0.25) is 0 Å². The lowest BCUT2D eigenvalue weighted by molar-refractivity contribution is 0.427. The standard InChI is InChI=1S/C11H14N2OS2/c1-8(6-12)16-7-9-5-10(14-13-9)11-3-2-4-15-11/h2-5,8H,6-7,12H2,1H3. The van der Waals surface area contributed by atoms with Gasteiger partial charge in [-0.2, -0.15) is 11.8 Å². The molecule has 0 aliphatic rings. The van der Waals surface area contributed by atoms with Crippen LogP contribution in [0.25, 0.3) is 10.6 Å². The molecule has 1 atom stereocenters. The van der Waals surface area contributed by atoms with Crippen molar-refractivity contribution in [3.63, 3.8) is 0 Å². The molecule has 2 N–H and O–H groups in total. The van der Waals surface area contributed by atoms with E-state index in [4.69, 9.17) is 10.3 Å². The van der Waals surface area contributed by atoms with Crippen LogP contribution in [0.4, 0.5) is 0 Å². The fourth-order valence-electron chi connectivity index (χ4n) is 1.21. The smallest absolute Gasteiger partial charge is 0.177 e. The number of aromatic nitrogens is 1. The number of hydrogen-bond acceptors (Lipinski definition) is 5. The first kappa shape index (κ1) is 11.7. The molecule has 86 valence electrons. The van der Waals surface area contributed by atoms with Crippen molar-refractivity contribution in [1.29, 1.82) is 0 Å². The second-order valence-corrected chi connectivity index (χ2v) is 5.89. The van der Waals surface area contributed by atoms with Gasteiger partial charge in [0.1, 0.15) is 0 Å². The van der Waals surface area contributed by atoms with Crippen molar-refractivity contribution in [2.75, 3.05) is 6.54 Å². The minimum atomic E-state index is 0.460. The van der Waals surface area contributed by atoms with E-state index in [-0.39, 0.29) is 0 Å². The summed E-state index contributed by atoms with van der Waals surface area (Å²) in [6.45, 7) is 2.81. The molecule has 2 aromatic rings. The Balaban J connectivity index is 1.98. The molecule has 0 spiro atoms. The first-order chi connectivity index (χ1) is 7.79. The summed E-state index contributed by atoms with van der Waals surface area (Å²) in [5.41, 5.74) is 6.54. The molecule has 0 amide bonds. The highest BCUT2D eigenvalue weighted by molar-refractivity contribution is 7.99. The summed E-state index contributed by atoms with van der Waals surface area (Å²) in [5, 5.41) is 6.54. The van der Waals surface area contributed by atoms with Crippen molar-refractivity contribution in [3.8, 4) is 10.6 Å². The van der Waals surface area contributed by atoms with Crippen LogP contribution in [-0.4, -0.2) is 17.0 Å².